The summed E-state index contributed by atoms with van der Waals surface area (Å²) in [6.45, 7) is 0.428. The van der Waals surface area contributed by atoms with Crippen LogP contribution in [0.3, 0.4) is 0 Å². The average molecular weight is 522 g/mol. The highest BCUT2D eigenvalue weighted by atomic mass is 32.2. The number of aliphatic carboxylic acids is 1. The Bertz CT molecular complexity index is 1400. The lowest BCUT2D eigenvalue weighted by Crippen LogP contribution is -2.50. The van der Waals surface area contributed by atoms with Crippen LogP contribution >= 0.6 is 0 Å². The molecule has 2 aliphatic rings. The lowest BCUT2D eigenvalue weighted by molar-refractivity contribution is -0.141. The summed E-state index contributed by atoms with van der Waals surface area (Å²) in [5.74, 6) is -0.694. The number of nitrogens with one attached hydrogen (secondary N) is 2. The van der Waals surface area contributed by atoms with E-state index in [1.807, 2.05) is 30.3 Å². The maximum Gasteiger partial charge on any atom is 0.411 e. The fourth-order valence-electron chi connectivity index (χ4n) is 4.28. The Morgan fingerprint density at radius 3 is 2.08 bits per heavy atom. The van der Waals surface area contributed by atoms with Gasteiger partial charge in [-0.05, 0) is 65.3 Å². The number of amides is 1. The van der Waals surface area contributed by atoms with Gasteiger partial charge in [0.15, 0.2) is 0 Å². The van der Waals surface area contributed by atoms with Gasteiger partial charge in [-0.3, -0.25) is 14.8 Å². The predicted molar refractivity (Wildman–Crippen MR) is 139 cm³/mol. The molecule has 9 nitrogen and oxygen atoms in total. The van der Waals surface area contributed by atoms with Crippen molar-refractivity contribution in [1.82, 2.24) is 4.31 Å². The van der Waals surface area contributed by atoms with E-state index in [0.29, 0.717) is 23.9 Å². The molecule has 37 heavy (non-hydrogen) atoms. The molecule has 1 amide bonds. The first-order chi connectivity index (χ1) is 17.8. The smallest absolute Gasteiger partial charge is 0.411 e. The number of nitrogens with zero attached hydrogens (tertiary/aromatic N) is 1. The normalized spacial score (nSPS) is 17.5. The fraction of sp³-hybridized carbons (Fsp3) is 0.259. The monoisotopic (exact) mass is 521 g/mol. The van der Waals surface area contributed by atoms with Crippen LogP contribution in [0.1, 0.15) is 24.0 Å². The number of carboxylic acid groups (broad SMARTS) is 1. The molecule has 0 spiro atoms. The number of rotatable bonds is 8. The third-order valence-corrected chi connectivity index (χ3v) is 8.04. The van der Waals surface area contributed by atoms with Crippen LogP contribution in [0.15, 0.2) is 72.8 Å². The highest BCUT2D eigenvalue weighted by Gasteiger charge is 2.39. The quantitative estimate of drug-likeness (QED) is 0.401. The minimum absolute atomic E-state index is 0.0188. The van der Waals surface area contributed by atoms with Crippen molar-refractivity contribution >= 4 is 33.6 Å². The number of ether oxygens (including phenoxy) is 1. The summed E-state index contributed by atoms with van der Waals surface area (Å²) in [4.78, 5) is 23.7. The van der Waals surface area contributed by atoms with Gasteiger partial charge in [0.2, 0.25) is 0 Å². The molecule has 1 heterocycles. The Kier molecular flexibility index (Phi) is 6.86. The Labute approximate surface area is 215 Å². The molecular weight excluding hydrogens is 494 g/mol. The second-order valence-electron chi connectivity index (χ2n) is 9.30. The Hall–Kier alpha value is -3.89. The van der Waals surface area contributed by atoms with Gasteiger partial charge in [0, 0.05) is 24.3 Å². The van der Waals surface area contributed by atoms with E-state index in [0.717, 1.165) is 39.4 Å². The number of anilines is 2. The maximum absolute atomic E-state index is 13.2. The molecule has 3 N–H and O–H groups in total. The molecule has 10 heteroatoms. The molecule has 0 radical (unpaired) electrons. The van der Waals surface area contributed by atoms with Crippen molar-refractivity contribution in [1.29, 1.82) is 0 Å². The van der Waals surface area contributed by atoms with E-state index in [1.54, 1.807) is 42.5 Å². The van der Waals surface area contributed by atoms with Gasteiger partial charge in [0.1, 0.15) is 6.04 Å². The molecule has 192 valence electrons. The van der Waals surface area contributed by atoms with E-state index >= 15 is 0 Å². The van der Waals surface area contributed by atoms with E-state index < -0.39 is 28.3 Å². The minimum Gasteiger partial charge on any atom is -0.480 e. The molecule has 0 unspecified atom stereocenters. The zero-order valence-corrected chi connectivity index (χ0v) is 20.8. The van der Waals surface area contributed by atoms with Crippen LogP contribution in [0.4, 0.5) is 16.2 Å². The molecule has 1 atom stereocenters. The topological polar surface area (TPSA) is 125 Å². The molecule has 1 aliphatic heterocycles. The molecule has 0 bridgehead atoms. The summed E-state index contributed by atoms with van der Waals surface area (Å²) in [5, 5.41) is 12.4. The van der Waals surface area contributed by atoms with Gasteiger partial charge in [-0.15, -0.1) is 0 Å². The Balaban J connectivity index is 1.24. The highest BCUT2D eigenvalue weighted by molar-refractivity contribution is 7.90. The third-order valence-electron chi connectivity index (χ3n) is 6.54. The molecule has 1 saturated carbocycles. The number of carbonyl (C=O) groups excluding carboxylic acids is 1. The van der Waals surface area contributed by atoms with Crippen LogP contribution in [-0.2, 0) is 32.7 Å². The summed E-state index contributed by atoms with van der Waals surface area (Å²) >= 11 is 0. The number of hydrogen-bond acceptors (Lipinski definition) is 5. The molecular formula is C27H27N3O6S. The van der Waals surface area contributed by atoms with Crippen LogP contribution in [0, 0.1) is 5.92 Å². The summed E-state index contributed by atoms with van der Waals surface area (Å²) in [6, 6.07) is 20.1. The zero-order chi connectivity index (χ0) is 26.0. The van der Waals surface area contributed by atoms with Crippen molar-refractivity contribution in [2.75, 3.05) is 16.6 Å². The Morgan fingerprint density at radius 1 is 0.892 bits per heavy atom. The Morgan fingerprint density at radius 2 is 1.49 bits per heavy atom. The van der Waals surface area contributed by atoms with E-state index in [4.69, 9.17) is 4.74 Å². The first kappa shape index (κ1) is 24.8. The van der Waals surface area contributed by atoms with Gasteiger partial charge in [0.05, 0.1) is 6.61 Å². The van der Waals surface area contributed by atoms with Gasteiger partial charge in [-0.25, -0.2) is 4.79 Å². The number of fused-ring (bicyclic) bond motifs is 1. The van der Waals surface area contributed by atoms with Crippen molar-refractivity contribution in [2.24, 2.45) is 5.92 Å². The summed E-state index contributed by atoms with van der Waals surface area (Å²) in [6.07, 6.45) is 1.85. The maximum atomic E-state index is 13.2. The van der Waals surface area contributed by atoms with Crippen molar-refractivity contribution in [3.8, 4) is 11.1 Å². The minimum atomic E-state index is -4.12. The van der Waals surface area contributed by atoms with Crippen LogP contribution in [0.25, 0.3) is 11.1 Å². The average Bonchev–Trinajstić information content (AvgIpc) is 3.72. The zero-order valence-electron chi connectivity index (χ0n) is 20.0. The molecule has 5 rings (SSSR count). The number of benzene rings is 3. The van der Waals surface area contributed by atoms with E-state index in [1.165, 1.54) is 0 Å². The van der Waals surface area contributed by atoms with Crippen molar-refractivity contribution in [2.45, 2.75) is 31.8 Å². The second-order valence-corrected chi connectivity index (χ2v) is 10.9. The van der Waals surface area contributed by atoms with Gasteiger partial charge in [0.25, 0.3) is 0 Å². The first-order valence-corrected chi connectivity index (χ1v) is 13.5. The summed E-state index contributed by atoms with van der Waals surface area (Å²) in [5.41, 5.74) is 4.29. The molecule has 1 aliphatic carbocycles. The van der Waals surface area contributed by atoms with Gasteiger partial charge in [-0.1, -0.05) is 48.5 Å². The lowest BCUT2D eigenvalue weighted by Gasteiger charge is -2.33. The van der Waals surface area contributed by atoms with Crippen molar-refractivity contribution in [3.05, 3.63) is 83.9 Å². The lowest BCUT2D eigenvalue weighted by atomic mass is 9.96. The van der Waals surface area contributed by atoms with E-state index in [2.05, 4.69) is 10.0 Å². The number of carbonyl (C=O) groups is 2. The largest absolute Gasteiger partial charge is 0.480 e. The van der Waals surface area contributed by atoms with Gasteiger partial charge < -0.3 is 9.84 Å². The fourth-order valence-corrected chi connectivity index (χ4v) is 5.64. The SMILES string of the molecule is O=C(Nc1ccc(-c2ccc(NS(=O)(=O)N3Cc4ccccc4C[C@@H]3C(=O)O)cc2)cc1)OCC1CC1. The summed E-state index contributed by atoms with van der Waals surface area (Å²) < 4.78 is 35.0. The van der Waals surface area contributed by atoms with E-state index in [-0.39, 0.29) is 13.0 Å². The summed E-state index contributed by atoms with van der Waals surface area (Å²) in [7, 11) is -4.12. The van der Waals surface area contributed by atoms with Crippen molar-refractivity contribution < 1.29 is 27.9 Å². The van der Waals surface area contributed by atoms with Crippen LogP contribution in [0.2, 0.25) is 0 Å². The number of carboxylic acids is 1. The first-order valence-electron chi connectivity index (χ1n) is 12.0. The van der Waals surface area contributed by atoms with E-state index in [9.17, 15) is 23.1 Å². The second kappa shape index (κ2) is 10.2. The highest BCUT2D eigenvalue weighted by Crippen LogP contribution is 2.30. The van der Waals surface area contributed by atoms with Crippen LogP contribution in [0.5, 0.6) is 0 Å². The standard InChI is InChI=1S/C27H27N3O6S/c31-26(32)25-15-21-3-1-2-4-22(21)16-30(25)37(34,35)29-24-13-9-20(10-14-24)19-7-11-23(12-8-19)28-27(33)36-17-18-5-6-18/h1-4,7-14,18,25,29H,5-6,15-17H2,(H,28,33)(H,31,32)/t25-/m1/s1. The molecule has 1 fully saturated rings. The third kappa shape index (κ3) is 5.92. The molecule has 0 aromatic heterocycles. The van der Waals surface area contributed by atoms with Crippen molar-refractivity contribution in [3.63, 3.8) is 0 Å². The van der Waals surface area contributed by atoms with Gasteiger partial charge >= 0.3 is 22.3 Å². The molecule has 3 aromatic carbocycles. The molecule has 0 saturated heterocycles. The number of hydrogen-bond donors (Lipinski definition) is 3. The van der Waals surface area contributed by atoms with Crippen LogP contribution in [-0.4, -0.2) is 42.5 Å². The molecule has 3 aromatic rings. The van der Waals surface area contributed by atoms with Crippen LogP contribution < -0.4 is 10.0 Å². The van der Waals surface area contributed by atoms with Gasteiger partial charge in [-0.2, -0.15) is 12.7 Å². The predicted octanol–water partition coefficient (Wildman–Crippen LogP) is 4.48.